The van der Waals surface area contributed by atoms with Gasteiger partial charge in [0.1, 0.15) is 4.88 Å². The number of nitrogens with one attached hydrogen (secondary N) is 1. The third-order valence-corrected chi connectivity index (χ3v) is 4.10. The van der Waals surface area contributed by atoms with Crippen LogP contribution in [0.3, 0.4) is 0 Å². The molecule has 8 heteroatoms. The predicted molar refractivity (Wildman–Crippen MR) is 79.1 cm³/mol. The fourth-order valence-electron chi connectivity index (χ4n) is 1.95. The van der Waals surface area contributed by atoms with Gasteiger partial charge in [-0.15, -0.1) is 11.3 Å². The van der Waals surface area contributed by atoms with E-state index >= 15 is 0 Å². The maximum Gasteiger partial charge on any atom is 0.263 e. The maximum absolute atomic E-state index is 12.2. The highest BCUT2D eigenvalue weighted by Gasteiger charge is 2.16. The molecule has 7 nitrogen and oxygen atoms in total. The smallest absolute Gasteiger partial charge is 0.263 e. The van der Waals surface area contributed by atoms with Crippen molar-refractivity contribution in [3.8, 4) is 0 Å². The Hall–Kier alpha value is -2.48. The predicted octanol–water partition coefficient (Wildman–Crippen LogP) is 1.54. The zero-order valence-electron chi connectivity index (χ0n) is 11.3. The van der Waals surface area contributed by atoms with Crippen LogP contribution in [0.2, 0.25) is 0 Å². The van der Waals surface area contributed by atoms with Gasteiger partial charge in [-0.1, -0.05) is 5.16 Å². The first-order chi connectivity index (χ1) is 10.1. The fraction of sp³-hybridized carbons (Fsp3) is 0.231. The number of fused-ring (bicyclic) bond motifs is 1. The molecule has 0 radical (unpaired) electrons. The number of nitrogens with two attached hydrogens (primary N) is 1. The van der Waals surface area contributed by atoms with Gasteiger partial charge in [0.2, 0.25) is 5.89 Å². The Kier molecular flexibility index (Phi) is 3.53. The minimum absolute atomic E-state index is 0.200. The molecule has 0 unspecified atom stereocenters. The van der Waals surface area contributed by atoms with E-state index in [9.17, 15) is 4.79 Å². The van der Waals surface area contributed by atoms with Gasteiger partial charge in [-0.2, -0.15) is 4.98 Å². The van der Waals surface area contributed by atoms with E-state index in [1.807, 2.05) is 0 Å². The van der Waals surface area contributed by atoms with Crippen molar-refractivity contribution in [3.05, 3.63) is 35.1 Å². The topological polar surface area (TPSA) is 107 Å². The number of rotatable bonds is 4. The number of nitrogens with zero attached hydrogens (tertiary/aromatic N) is 3. The van der Waals surface area contributed by atoms with Crippen molar-refractivity contribution in [1.82, 2.24) is 20.4 Å². The number of anilines is 1. The molecule has 0 aliphatic heterocycles. The molecule has 3 aromatic rings. The summed E-state index contributed by atoms with van der Waals surface area (Å²) in [5, 5.41) is 7.43. The molecule has 0 aliphatic rings. The van der Waals surface area contributed by atoms with Crippen molar-refractivity contribution < 1.29 is 9.32 Å². The number of aryl methyl sites for hydroxylation is 1. The highest BCUT2D eigenvalue weighted by atomic mass is 32.1. The number of carbonyl (C=O) groups is 1. The summed E-state index contributed by atoms with van der Waals surface area (Å²) in [5.74, 6) is 0.882. The Bertz CT molecular complexity index is 795. The molecule has 1 amide bonds. The van der Waals surface area contributed by atoms with Crippen LogP contribution in [0.25, 0.3) is 10.1 Å². The van der Waals surface area contributed by atoms with Gasteiger partial charge >= 0.3 is 0 Å². The van der Waals surface area contributed by atoms with Crippen molar-refractivity contribution in [2.45, 2.75) is 13.3 Å². The molecule has 0 aliphatic carbocycles. The van der Waals surface area contributed by atoms with Crippen molar-refractivity contribution >= 4 is 33.0 Å². The van der Waals surface area contributed by atoms with Gasteiger partial charge < -0.3 is 15.6 Å². The van der Waals surface area contributed by atoms with Crippen molar-refractivity contribution in [1.29, 1.82) is 0 Å². The lowest BCUT2D eigenvalue weighted by Crippen LogP contribution is -2.25. The average Bonchev–Trinajstić information content (AvgIpc) is 3.03. The summed E-state index contributed by atoms with van der Waals surface area (Å²) in [7, 11) is 0. The first kappa shape index (κ1) is 13.5. The second kappa shape index (κ2) is 5.49. The summed E-state index contributed by atoms with van der Waals surface area (Å²) in [5.41, 5.74) is 6.50. The van der Waals surface area contributed by atoms with Crippen molar-refractivity contribution in [2.24, 2.45) is 0 Å². The lowest BCUT2D eigenvalue weighted by Gasteiger charge is -2.02. The summed E-state index contributed by atoms with van der Waals surface area (Å²) in [6, 6.07) is 1.81. The number of hydrogen-bond acceptors (Lipinski definition) is 7. The SMILES string of the molecule is Cc1nc(CCNC(=O)c2sc3cnccc3c2N)no1. The molecule has 0 spiro atoms. The highest BCUT2D eigenvalue weighted by molar-refractivity contribution is 7.21. The summed E-state index contributed by atoms with van der Waals surface area (Å²) < 4.78 is 5.76. The number of pyridine rings is 1. The van der Waals surface area contributed by atoms with Crippen LogP contribution in [0, 0.1) is 6.92 Å². The van der Waals surface area contributed by atoms with E-state index in [0.29, 0.717) is 35.2 Å². The number of carbonyl (C=O) groups excluding carboxylic acids is 1. The zero-order valence-corrected chi connectivity index (χ0v) is 12.1. The molecule has 3 aromatic heterocycles. The molecule has 0 aromatic carbocycles. The Labute approximate surface area is 124 Å². The lowest BCUT2D eigenvalue weighted by molar-refractivity contribution is 0.0959. The van der Waals surface area contributed by atoms with Crippen LogP contribution >= 0.6 is 11.3 Å². The van der Waals surface area contributed by atoms with Crippen LogP contribution in [-0.4, -0.2) is 27.6 Å². The van der Waals surface area contributed by atoms with Crippen molar-refractivity contribution in [2.75, 3.05) is 12.3 Å². The van der Waals surface area contributed by atoms with Crippen LogP contribution in [0.5, 0.6) is 0 Å². The quantitative estimate of drug-likeness (QED) is 0.757. The highest BCUT2D eigenvalue weighted by Crippen LogP contribution is 2.32. The second-order valence-corrected chi connectivity index (χ2v) is 5.50. The van der Waals surface area contributed by atoms with Crippen molar-refractivity contribution in [3.63, 3.8) is 0 Å². The Morgan fingerprint density at radius 1 is 1.52 bits per heavy atom. The van der Waals surface area contributed by atoms with E-state index in [1.54, 1.807) is 25.4 Å². The number of aromatic nitrogens is 3. The van der Waals surface area contributed by atoms with Crippen LogP contribution in [0.4, 0.5) is 5.69 Å². The summed E-state index contributed by atoms with van der Waals surface area (Å²) in [4.78, 5) is 20.8. The van der Waals surface area contributed by atoms with Gasteiger partial charge in [0.05, 0.1) is 10.4 Å². The number of hydrogen-bond donors (Lipinski definition) is 2. The average molecular weight is 303 g/mol. The summed E-state index contributed by atoms with van der Waals surface area (Å²) >= 11 is 1.33. The first-order valence-electron chi connectivity index (χ1n) is 6.34. The van der Waals surface area contributed by atoms with E-state index in [-0.39, 0.29) is 5.91 Å². The van der Waals surface area contributed by atoms with E-state index in [4.69, 9.17) is 10.3 Å². The molecule has 3 rings (SSSR count). The van der Waals surface area contributed by atoms with Gasteiger partial charge in [0, 0.05) is 37.7 Å². The van der Waals surface area contributed by atoms with E-state index in [0.717, 1.165) is 10.1 Å². The second-order valence-electron chi connectivity index (χ2n) is 4.45. The normalized spacial score (nSPS) is 10.9. The molecule has 108 valence electrons. The molecule has 3 heterocycles. The number of nitrogen functional groups attached to an aromatic ring is 1. The van der Waals surface area contributed by atoms with Gasteiger partial charge in [0.15, 0.2) is 5.82 Å². The monoisotopic (exact) mass is 303 g/mol. The largest absolute Gasteiger partial charge is 0.397 e. The Morgan fingerprint density at radius 2 is 2.38 bits per heavy atom. The fourth-order valence-corrected chi connectivity index (χ4v) is 2.96. The third-order valence-electron chi connectivity index (χ3n) is 2.94. The summed E-state index contributed by atoms with van der Waals surface area (Å²) in [6.45, 7) is 2.14. The van der Waals surface area contributed by atoms with E-state index in [2.05, 4.69) is 20.4 Å². The molecule has 21 heavy (non-hydrogen) atoms. The lowest BCUT2D eigenvalue weighted by atomic mass is 10.2. The Balaban J connectivity index is 1.68. The molecule has 0 saturated carbocycles. The van der Waals surface area contributed by atoms with Gasteiger partial charge in [-0.3, -0.25) is 9.78 Å². The third kappa shape index (κ3) is 2.70. The Morgan fingerprint density at radius 3 is 3.10 bits per heavy atom. The minimum Gasteiger partial charge on any atom is -0.397 e. The maximum atomic E-state index is 12.2. The van der Waals surface area contributed by atoms with Gasteiger partial charge in [-0.25, -0.2) is 0 Å². The molecule has 0 atom stereocenters. The van der Waals surface area contributed by atoms with E-state index in [1.165, 1.54) is 11.3 Å². The molecular formula is C13H13N5O2S. The minimum atomic E-state index is -0.200. The summed E-state index contributed by atoms with van der Waals surface area (Å²) in [6.07, 6.45) is 3.87. The van der Waals surface area contributed by atoms with Crippen LogP contribution in [0.15, 0.2) is 23.0 Å². The molecular weight excluding hydrogens is 290 g/mol. The first-order valence-corrected chi connectivity index (χ1v) is 7.16. The van der Waals surface area contributed by atoms with Gasteiger partial charge in [0.25, 0.3) is 5.91 Å². The molecule has 3 N–H and O–H groups in total. The molecule has 0 bridgehead atoms. The van der Waals surface area contributed by atoms with E-state index < -0.39 is 0 Å². The molecule has 0 saturated heterocycles. The van der Waals surface area contributed by atoms with Gasteiger partial charge in [-0.05, 0) is 6.07 Å². The standard InChI is InChI=1S/C13H13N5O2S/c1-7-17-10(18-20-7)3-5-16-13(19)12-11(14)8-2-4-15-6-9(8)21-12/h2,4,6H,3,5,14H2,1H3,(H,16,19). The van der Waals surface area contributed by atoms with Crippen LogP contribution < -0.4 is 11.1 Å². The van der Waals surface area contributed by atoms with Crippen LogP contribution in [-0.2, 0) is 6.42 Å². The zero-order chi connectivity index (χ0) is 14.8. The molecule has 0 fully saturated rings. The van der Waals surface area contributed by atoms with Crippen LogP contribution in [0.1, 0.15) is 21.4 Å². The number of thiophene rings is 1. The number of amides is 1.